The van der Waals surface area contributed by atoms with Crippen molar-refractivity contribution in [3.63, 3.8) is 0 Å². The van der Waals surface area contributed by atoms with Gasteiger partial charge >= 0.3 is 6.09 Å². The second-order valence-corrected chi connectivity index (χ2v) is 10.8. The molecule has 1 amide bonds. The molecule has 0 N–H and O–H groups in total. The number of methoxy groups -OCH3 is 1. The summed E-state index contributed by atoms with van der Waals surface area (Å²) in [6.07, 6.45) is 4.98. The third-order valence-electron chi connectivity index (χ3n) is 7.48. The zero-order valence-corrected chi connectivity index (χ0v) is 21.2. The van der Waals surface area contributed by atoms with Crippen molar-refractivity contribution in [1.29, 1.82) is 5.26 Å². The molecule has 0 radical (unpaired) electrons. The van der Waals surface area contributed by atoms with Crippen LogP contribution in [0.2, 0.25) is 0 Å². The van der Waals surface area contributed by atoms with Crippen LogP contribution in [0.1, 0.15) is 69.8 Å². The number of imidazole rings is 1. The van der Waals surface area contributed by atoms with Gasteiger partial charge in [-0.1, -0.05) is 5.16 Å². The van der Waals surface area contributed by atoms with Gasteiger partial charge in [-0.2, -0.15) is 10.2 Å². The van der Waals surface area contributed by atoms with Crippen molar-refractivity contribution < 1.29 is 18.8 Å². The second-order valence-electron chi connectivity index (χ2n) is 10.8. The molecule has 2 unspecified atom stereocenters. The summed E-state index contributed by atoms with van der Waals surface area (Å²) in [5.74, 6) is 1.31. The number of carbonyl (C=O) groups excluding carboxylic acids is 1. The Morgan fingerprint density at radius 2 is 2.22 bits per heavy atom. The van der Waals surface area contributed by atoms with Crippen molar-refractivity contribution >= 4 is 17.1 Å². The molecule has 10 nitrogen and oxygen atoms in total. The lowest BCUT2D eigenvalue weighted by molar-refractivity contribution is 0.00413. The summed E-state index contributed by atoms with van der Waals surface area (Å²) in [6.45, 7) is 7.58. The van der Waals surface area contributed by atoms with E-state index < -0.39 is 11.0 Å². The van der Waals surface area contributed by atoms with Crippen LogP contribution in [0.15, 0.2) is 29.0 Å². The predicted octanol–water partition coefficient (Wildman–Crippen LogP) is 4.36. The van der Waals surface area contributed by atoms with E-state index in [0.29, 0.717) is 36.3 Å². The molecule has 3 atom stereocenters. The van der Waals surface area contributed by atoms with Gasteiger partial charge in [0.15, 0.2) is 5.82 Å². The van der Waals surface area contributed by atoms with Crippen LogP contribution in [0.5, 0.6) is 0 Å². The van der Waals surface area contributed by atoms with E-state index in [-0.39, 0.29) is 12.2 Å². The fourth-order valence-electron chi connectivity index (χ4n) is 5.53. The highest BCUT2D eigenvalue weighted by Gasteiger charge is 2.49. The lowest BCUT2D eigenvalue weighted by Crippen LogP contribution is -2.43. The van der Waals surface area contributed by atoms with Gasteiger partial charge in [-0.05, 0) is 70.6 Å². The number of rotatable bonds is 7. The van der Waals surface area contributed by atoms with Gasteiger partial charge in [0.2, 0.25) is 5.89 Å². The van der Waals surface area contributed by atoms with E-state index >= 15 is 0 Å². The van der Waals surface area contributed by atoms with Gasteiger partial charge in [0.1, 0.15) is 11.7 Å². The van der Waals surface area contributed by atoms with Crippen molar-refractivity contribution in [1.82, 2.24) is 24.6 Å². The molecule has 2 aromatic heterocycles. The standard InChI is InChI=1S/C26H32N6O4/c1-17(34-4)22-29-23(36-30-22)25(2,3)14-32-15-26(35-24(32)33)9-5-6-19(11-26)13-31-16-28-20-8-7-18(12-27)10-21(20)31/h7-8,10,16-17,19H,5-6,9,11,13-15H2,1-4H3/t17?,19-,26?/m0/s1. The molecule has 2 fully saturated rings. The average molecular weight is 493 g/mol. The molecule has 1 aliphatic carbocycles. The lowest BCUT2D eigenvalue weighted by Gasteiger charge is -2.36. The summed E-state index contributed by atoms with van der Waals surface area (Å²) in [5, 5.41) is 13.3. The number of ether oxygens (including phenoxy) is 2. The highest BCUT2D eigenvalue weighted by atomic mass is 16.6. The molecular weight excluding hydrogens is 460 g/mol. The molecule has 190 valence electrons. The first kappa shape index (κ1) is 24.3. The Hall–Kier alpha value is -3.45. The van der Waals surface area contributed by atoms with Crippen LogP contribution in [0, 0.1) is 17.2 Å². The summed E-state index contributed by atoms with van der Waals surface area (Å²) in [7, 11) is 1.60. The minimum Gasteiger partial charge on any atom is -0.441 e. The third kappa shape index (κ3) is 4.55. The summed E-state index contributed by atoms with van der Waals surface area (Å²) in [6, 6.07) is 7.76. The van der Waals surface area contributed by atoms with E-state index in [4.69, 9.17) is 14.0 Å². The number of nitrogens with zero attached hydrogens (tertiary/aromatic N) is 6. The van der Waals surface area contributed by atoms with Crippen molar-refractivity contribution in [3.8, 4) is 6.07 Å². The summed E-state index contributed by atoms with van der Waals surface area (Å²) in [4.78, 5) is 23.7. The largest absolute Gasteiger partial charge is 0.441 e. The number of carbonyl (C=O) groups is 1. The van der Waals surface area contributed by atoms with Gasteiger partial charge in [-0.25, -0.2) is 9.78 Å². The zero-order chi connectivity index (χ0) is 25.5. The van der Waals surface area contributed by atoms with Gasteiger partial charge in [-0.15, -0.1) is 0 Å². The normalized spacial score (nSPS) is 23.2. The van der Waals surface area contributed by atoms with Crippen LogP contribution in [0.3, 0.4) is 0 Å². The van der Waals surface area contributed by atoms with Gasteiger partial charge in [0, 0.05) is 20.2 Å². The number of nitriles is 1. The Kier molecular flexibility index (Phi) is 6.20. The first-order valence-corrected chi connectivity index (χ1v) is 12.4. The molecule has 2 aliphatic rings. The van der Waals surface area contributed by atoms with Crippen LogP contribution in [0.4, 0.5) is 4.79 Å². The molecule has 5 rings (SSSR count). The zero-order valence-electron chi connectivity index (χ0n) is 21.2. The van der Waals surface area contributed by atoms with Crippen LogP contribution in [-0.2, 0) is 21.4 Å². The Balaban J connectivity index is 1.27. The molecule has 1 aliphatic heterocycles. The van der Waals surface area contributed by atoms with Crippen molar-refractivity contribution in [2.75, 3.05) is 20.2 Å². The van der Waals surface area contributed by atoms with Gasteiger partial charge < -0.3 is 23.5 Å². The molecule has 1 saturated carbocycles. The van der Waals surface area contributed by atoms with E-state index in [0.717, 1.165) is 43.3 Å². The smallest absolute Gasteiger partial charge is 0.410 e. The Bertz CT molecular complexity index is 1310. The monoisotopic (exact) mass is 492 g/mol. The van der Waals surface area contributed by atoms with E-state index in [1.807, 2.05) is 39.2 Å². The molecule has 1 spiro atoms. The first-order chi connectivity index (χ1) is 17.2. The van der Waals surface area contributed by atoms with Crippen LogP contribution < -0.4 is 0 Å². The van der Waals surface area contributed by atoms with E-state index in [9.17, 15) is 10.1 Å². The van der Waals surface area contributed by atoms with Crippen molar-refractivity contribution in [2.24, 2.45) is 5.92 Å². The van der Waals surface area contributed by atoms with E-state index in [1.54, 1.807) is 18.1 Å². The highest BCUT2D eigenvalue weighted by Crippen LogP contribution is 2.41. The number of benzene rings is 1. The quantitative estimate of drug-likeness (QED) is 0.477. The van der Waals surface area contributed by atoms with Crippen molar-refractivity contribution in [2.45, 2.75) is 70.1 Å². The Labute approximate surface area is 210 Å². The molecule has 1 saturated heterocycles. The maximum absolute atomic E-state index is 13.0. The first-order valence-electron chi connectivity index (χ1n) is 12.4. The maximum Gasteiger partial charge on any atom is 0.410 e. The van der Waals surface area contributed by atoms with Crippen molar-refractivity contribution in [3.05, 3.63) is 41.8 Å². The SMILES string of the molecule is COC(C)c1noc(C(C)(C)CN2CC3(CCC[C@H](Cn4cnc5ccc(C#N)cc54)C3)OC2=O)n1. The van der Waals surface area contributed by atoms with Gasteiger partial charge in [0.25, 0.3) is 0 Å². The fourth-order valence-corrected chi connectivity index (χ4v) is 5.53. The van der Waals surface area contributed by atoms with Crippen LogP contribution in [-0.4, -0.2) is 56.5 Å². The van der Waals surface area contributed by atoms with Gasteiger partial charge in [-0.3, -0.25) is 0 Å². The molecule has 0 bridgehead atoms. The van der Waals surface area contributed by atoms with Crippen LogP contribution in [0.25, 0.3) is 11.0 Å². The number of hydrogen-bond donors (Lipinski definition) is 0. The number of hydrogen-bond acceptors (Lipinski definition) is 8. The van der Waals surface area contributed by atoms with Crippen LogP contribution >= 0.6 is 0 Å². The fraction of sp³-hybridized carbons (Fsp3) is 0.577. The minimum atomic E-state index is -0.536. The lowest BCUT2D eigenvalue weighted by atomic mass is 9.77. The minimum absolute atomic E-state index is 0.267. The summed E-state index contributed by atoms with van der Waals surface area (Å²) in [5.41, 5.74) is 1.43. The molecule has 3 aromatic rings. The highest BCUT2D eigenvalue weighted by molar-refractivity contribution is 5.77. The average Bonchev–Trinajstić information content (AvgIpc) is 3.57. The van der Waals surface area contributed by atoms with E-state index in [2.05, 4.69) is 25.8 Å². The molecule has 1 aromatic carbocycles. The second kappa shape index (κ2) is 9.21. The summed E-state index contributed by atoms with van der Waals surface area (Å²) < 4.78 is 19.0. The summed E-state index contributed by atoms with van der Waals surface area (Å²) >= 11 is 0. The molecular formula is C26H32N6O4. The number of fused-ring (bicyclic) bond motifs is 1. The molecule has 10 heteroatoms. The molecule has 36 heavy (non-hydrogen) atoms. The predicted molar refractivity (Wildman–Crippen MR) is 130 cm³/mol. The molecule has 3 heterocycles. The Morgan fingerprint density at radius 1 is 1.39 bits per heavy atom. The Morgan fingerprint density at radius 3 is 3.00 bits per heavy atom. The number of amides is 1. The third-order valence-corrected chi connectivity index (χ3v) is 7.48. The van der Waals surface area contributed by atoms with Gasteiger partial charge in [0.05, 0.1) is 41.0 Å². The van der Waals surface area contributed by atoms with E-state index in [1.165, 1.54) is 0 Å². The topological polar surface area (TPSA) is 119 Å². The maximum atomic E-state index is 13.0. The number of aromatic nitrogens is 4.